The van der Waals surface area contributed by atoms with Crippen molar-refractivity contribution < 1.29 is 14.0 Å². The summed E-state index contributed by atoms with van der Waals surface area (Å²) in [6, 6.07) is 11.9. The van der Waals surface area contributed by atoms with Gasteiger partial charge in [-0.3, -0.25) is 9.59 Å². The summed E-state index contributed by atoms with van der Waals surface area (Å²) < 4.78 is 14.1. The molecule has 0 radical (unpaired) electrons. The molecular formula is C22H27FN2O2. The molecule has 0 fully saturated rings. The highest BCUT2D eigenvalue weighted by Crippen LogP contribution is 2.32. The Bertz CT molecular complexity index is 805. The zero-order valence-electron chi connectivity index (χ0n) is 16.5. The van der Waals surface area contributed by atoms with Crippen LogP contribution < -0.4 is 10.2 Å². The molecule has 1 N–H and O–H groups in total. The summed E-state index contributed by atoms with van der Waals surface area (Å²) in [6.45, 7) is 9.33. The van der Waals surface area contributed by atoms with Crippen LogP contribution in [-0.2, 0) is 9.59 Å². The molecule has 144 valence electrons. The van der Waals surface area contributed by atoms with Gasteiger partial charge in [-0.1, -0.05) is 58.0 Å². The molecule has 0 bridgehead atoms. The SMILES string of the molecule is CC(=O)N(CC(=O)Nc1c(C(C)C)cccc1C(C)C)c1ccccc1F. The lowest BCUT2D eigenvalue weighted by Crippen LogP contribution is -2.37. The molecule has 0 aliphatic rings. The number of rotatable bonds is 6. The van der Waals surface area contributed by atoms with Gasteiger partial charge in [0.05, 0.1) is 5.69 Å². The molecule has 0 heterocycles. The molecule has 4 nitrogen and oxygen atoms in total. The van der Waals surface area contributed by atoms with Gasteiger partial charge in [-0.05, 0) is 35.1 Å². The first kappa shape index (κ1) is 20.6. The topological polar surface area (TPSA) is 49.4 Å². The number of nitrogens with one attached hydrogen (secondary N) is 1. The van der Waals surface area contributed by atoms with Gasteiger partial charge in [0.25, 0.3) is 0 Å². The average molecular weight is 370 g/mol. The Labute approximate surface area is 160 Å². The van der Waals surface area contributed by atoms with Gasteiger partial charge in [0.15, 0.2) is 0 Å². The zero-order chi connectivity index (χ0) is 20.1. The maximum absolute atomic E-state index is 14.1. The minimum Gasteiger partial charge on any atom is -0.324 e. The van der Waals surface area contributed by atoms with Crippen molar-refractivity contribution >= 4 is 23.2 Å². The van der Waals surface area contributed by atoms with Crippen LogP contribution in [0, 0.1) is 5.82 Å². The maximum Gasteiger partial charge on any atom is 0.244 e. The van der Waals surface area contributed by atoms with Crippen LogP contribution in [0.2, 0.25) is 0 Å². The fraction of sp³-hybridized carbons (Fsp3) is 0.364. The molecule has 2 aromatic rings. The van der Waals surface area contributed by atoms with Crippen molar-refractivity contribution in [2.45, 2.75) is 46.5 Å². The van der Waals surface area contributed by atoms with Gasteiger partial charge >= 0.3 is 0 Å². The summed E-state index contributed by atoms with van der Waals surface area (Å²) in [7, 11) is 0. The molecule has 0 aliphatic heterocycles. The molecule has 0 unspecified atom stereocenters. The van der Waals surface area contributed by atoms with Crippen LogP contribution in [-0.4, -0.2) is 18.4 Å². The van der Waals surface area contributed by atoms with Gasteiger partial charge < -0.3 is 10.2 Å². The second kappa shape index (κ2) is 8.80. The van der Waals surface area contributed by atoms with Crippen LogP contribution in [0.1, 0.15) is 57.6 Å². The van der Waals surface area contributed by atoms with Crippen LogP contribution in [0.4, 0.5) is 15.8 Å². The fourth-order valence-corrected chi connectivity index (χ4v) is 3.05. The molecule has 0 saturated carbocycles. The number of anilines is 2. The van der Waals surface area contributed by atoms with E-state index in [2.05, 4.69) is 33.0 Å². The van der Waals surface area contributed by atoms with Gasteiger partial charge in [0.2, 0.25) is 11.8 Å². The third-order valence-electron chi connectivity index (χ3n) is 4.46. The first-order valence-electron chi connectivity index (χ1n) is 9.17. The van der Waals surface area contributed by atoms with E-state index in [0.29, 0.717) is 0 Å². The molecule has 2 aromatic carbocycles. The van der Waals surface area contributed by atoms with Gasteiger partial charge in [-0.2, -0.15) is 0 Å². The molecule has 0 saturated heterocycles. The van der Waals surface area contributed by atoms with Gasteiger partial charge in [0.1, 0.15) is 12.4 Å². The molecule has 0 atom stereocenters. The number of carbonyl (C=O) groups excluding carboxylic acids is 2. The van der Waals surface area contributed by atoms with Crippen LogP contribution >= 0.6 is 0 Å². The Morgan fingerprint density at radius 1 is 0.963 bits per heavy atom. The second-order valence-corrected chi connectivity index (χ2v) is 7.23. The van der Waals surface area contributed by atoms with E-state index in [9.17, 15) is 14.0 Å². The number of benzene rings is 2. The Hall–Kier alpha value is -2.69. The smallest absolute Gasteiger partial charge is 0.244 e. The number of hydrogen-bond acceptors (Lipinski definition) is 2. The molecular weight excluding hydrogens is 343 g/mol. The lowest BCUT2D eigenvalue weighted by Gasteiger charge is -2.24. The van der Waals surface area contributed by atoms with E-state index in [-0.39, 0.29) is 30.0 Å². The van der Waals surface area contributed by atoms with Gasteiger partial charge in [-0.15, -0.1) is 0 Å². The minimum atomic E-state index is -0.536. The van der Waals surface area contributed by atoms with Gasteiger partial charge in [0, 0.05) is 12.6 Å². The van der Waals surface area contributed by atoms with E-state index < -0.39 is 11.7 Å². The molecule has 27 heavy (non-hydrogen) atoms. The van der Waals surface area contributed by atoms with Crippen molar-refractivity contribution in [2.75, 3.05) is 16.8 Å². The molecule has 0 aliphatic carbocycles. The summed E-state index contributed by atoms with van der Waals surface area (Å²) in [5.41, 5.74) is 2.95. The third kappa shape index (κ3) is 4.94. The summed E-state index contributed by atoms with van der Waals surface area (Å²) in [5.74, 6) is -0.824. The zero-order valence-corrected chi connectivity index (χ0v) is 16.5. The van der Waals surface area contributed by atoms with Crippen molar-refractivity contribution in [1.29, 1.82) is 0 Å². The van der Waals surface area contributed by atoms with Crippen LogP contribution in [0.5, 0.6) is 0 Å². The fourth-order valence-electron chi connectivity index (χ4n) is 3.05. The van der Waals surface area contributed by atoms with E-state index in [4.69, 9.17) is 0 Å². The summed E-state index contributed by atoms with van der Waals surface area (Å²) in [6.07, 6.45) is 0. The minimum absolute atomic E-state index is 0.0985. The molecule has 5 heteroatoms. The third-order valence-corrected chi connectivity index (χ3v) is 4.46. The Morgan fingerprint density at radius 2 is 1.52 bits per heavy atom. The van der Waals surface area contributed by atoms with Crippen molar-refractivity contribution in [3.63, 3.8) is 0 Å². The number of halogens is 1. The van der Waals surface area contributed by atoms with E-state index >= 15 is 0 Å². The highest BCUT2D eigenvalue weighted by Gasteiger charge is 2.21. The maximum atomic E-state index is 14.1. The molecule has 0 spiro atoms. The average Bonchev–Trinajstić information content (AvgIpc) is 2.60. The number of amides is 2. The summed E-state index contributed by atoms with van der Waals surface area (Å²) >= 11 is 0. The highest BCUT2D eigenvalue weighted by atomic mass is 19.1. The molecule has 2 rings (SSSR count). The van der Waals surface area contributed by atoms with Crippen molar-refractivity contribution in [3.8, 4) is 0 Å². The second-order valence-electron chi connectivity index (χ2n) is 7.23. The standard InChI is InChI=1S/C22H27FN2O2/c1-14(2)17-9-8-10-18(15(3)4)22(17)24-21(27)13-25(16(5)26)20-12-7-6-11-19(20)23/h6-12,14-15H,13H2,1-5H3,(H,24,27). The quantitative estimate of drug-likeness (QED) is 0.772. The first-order chi connectivity index (χ1) is 12.7. The van der Waals surface area contributed by atoms with E-state index in [0.717, 1.165) is 21.7 Å². The first-order valence-corrected chi connectivity index (χ1v) is 9.17. The van der Waals surface area contributed by atoms with Crippen molar-refractivity contribution in [3.05, 3.63) is 59.4 Å². The van der Waals surface area contributed by atoms with Crippen LogP contribution in [0.25, 0.3) is 0 Å². The number of carbonyl (C=O) groups is 2. The van der Waals surface area contributed by atoms with E-state index in [1.165, 1.54) is 19.1 Å². The number of nitrogens with zero attached hydrogens (tertiary/aromatic N) is 1. The van der Waals surface area contributed by atoms with E-state index in [1.807, 2.05) is 18.2 Å². The molecule has 0 aromatic heterocycles. The lowest BCUT2D eigenvalue weighted by molar-refractivity contribution is -0.120. The lowest BCUT2D eigenvalue weighted by atomic mass is 9.92. The highest BCUT2D eigenvalue weighted by molar-refractivity contribution is 6.02. The largest absolute Gasteiger partial charge is 0.324 e. The van der Waals surface area contributed by atoms with E-state index in [1.54, 1.807) is 12.1 Å². The summed E-state index contributed by atoms with van der Waals surface area (Å²) in [5, 5.41) is 2.96. The Morgan fingerprint density at radius 3 is 2.00 bits per heavy atom. The van der Waals surface area contributed by atoms with Crippen molar-refractivity contribution in [2.24, 2.45) is 0 Å². The molecule has 2 amide bonds. The monoisotopic (exact) mass is 370 g/mol. The number of hydrogen-bond donors (Lipinski definition) is 1. The van der Waals surface area contributed by atoms with Gasteiger partial charge in [-0.25, -0.2) is 4.39 Å². The predicted octanol–water partition coefficient (Wildman–Crippen LogP) is 5.06. The Kier molecular flexibility index (Phi) is 6.72. The number of para-hydroxylation sites is 2. The van der Waals surface area contributed by atoms with Crippen LogP contribution in [0.3, 0.4) is 0 Å². The summed E-state index contributed by atoms with van der Waals surface area (Å²) in [4.78, 5) is 25.9. The van der Waals surface area contributed by atoms with Crippen LogP contribution in [0.15, 0.2) is 42.5 Å². The predicted molar refractivity (Wildman–Crippen MR) is 108 cm³/mol. The Balaban J connectivity index is 2.32. The van der Waals surface area contributed by atoms with Crippen molar-refractivity contribution in [1.82, 2.24) is 0 Å². The normalized spacial score (nSPS) is 11.0.